The molecule has 0 bridgehead atoms. The summed E-state index contributed by atoms with van der Waals surface area (Å²) in [5.41, 5.74) is 0.752. The van der Waals surface area contributed by atoms with Gasteiger partial charge in [-0.05, 0) is 18.7 Å². The van der Waals surface area contributed by atoms with E-state index in [1.54, 1.807) is 12.3 Å². The molecule has 1 aromatic carbocycles. The highest BCUT2D eigenvalue weighted by Crippen LogP contribution is 2.20. The summed E-state index contributed by atoms with van der Waals surface area (Å²) in [5, 5.41) is 3.21. The van der Waals surface area contributed by atoms with Gasteiger partial charge in [-0.1, -0.05) is 23.7 Å². The summed E-state index contributed by atoms with van der Waals surface area (Å²) in [6, 6.07) is 4.83. The fourth-order valence-corrected chi connectivity index (χ4v) is 1.85. The number of hydrogen-bond donors (Lipinski definition) is 1. The minimum atomic E-state index is -0.389. The highest BCUT2D eigenvalue weighted by molar-refractivity contribution is 6.31. The van der Waals surface area contributed by atoms with Crippen molar-refractivity contribution < 1.29 is 4.39 Å². The van der Waals surface area contributed by atoms with Gasteiger partial charge < -0.3 is 9.88 Å². The average Bonchev–Trinajstić information content (AvgIpc) is 2.73. The Bertz CT molecular complexity index is 510. The van der Waals surface area contributed by atoms with Crippen molar-refractivity contribution in [2.45, 2.75) is 13.1 Å². The molecule has 0 aliphatic rings. The molecule has 0 saturated carbocycles. The summed E-state index contributed by atoms with van der Waals surface area (Å²) in [5.74, 6) is 0.507. The summed E-state index contributed by atoms with van der Waals surface area (Å²) in [6.07, 6.45) is 3.58. The number of benzene rings is 1. The van der Waals surface area contributed by atoms with Crippen molar-refractivity contribution in [2.24, 2.45) is 0 Å². The fraction of sp³-hybridized carbons (Fsp3) is 0.250. The van der Waals surface area contributed by atoms with Gasteiger partial charge in [0.25, 0.3) is 0 Å². The molecule has 0 spiro atoms. The number of aromatic nitrogens is 2. The smallest absolute Gasteiger partial charge is 0.142 e. The number of nitrogens with zero attached hydrogens (tertiary/aromatic N) is 2. The summed E-state index contributed by atoms with van der Waals surface area (Å²) in [6.45, 7) is 1.19. The maximum atomic E-state index is 13.3. The third-order valence-corrected chi connectivity index (χ3v) is 2.93. The van der Waals surface area contributed by atoms with E-state index in [-0.39, 0.29) is 10.8 Å². The van der Waals surface area contributed by atoms with Gasteiger partial charge in [0.05, 0.1) is 18.1 Å². The lowest BCUT2D eigenvalue weighted by Gasteiger charge is -2.09. The minimum Gasteiger partial charge on any atom is -0.329 e. The maximum Gasteiger partial charge on any atom is 0.142 e. The van der Waals surface area contributed by atoms with Crippen LogP contribution in [0.25, 0.3) is 0 Å². The molecule has 2 rings (SSSR count). The Hall–Kier alpha value is -1.39. The molecule has 0 radical (unpaired) electrons. The minimum absolute atomic E-state index is 0.177. The molecule has 0 fully saturated rings. The van der Waals surface area contributed by atoms with E-state index in [1.807, 2.05) is 23.9 Å². The molecule has 3 nitrogen and oxygen atoms in total. The molecule has 1 heterocycles. The highest BCUT2D eigenvalue weighted by atomic mass is 35.5. The highest BCUT2D eigenvalue weighted by Gasteiger charge is 2.08. The van der Waals surface area contributed by atoms with Gasteiger partial charge in [-0.25, -0.2) is 9.37 Å². The molecule has 17 heavy (non-hydrogen) atoms. The lowest BCUT2D eigenvalue weighted by Crippen LogP contribution is -2.12. The van der Waals surface area contributed by atoms with Crippen molar-refractivity contribution in [2.75, 3.05) is 7.05 Å². The van der Waals surface area contributed by atoms with E-state index < -0.39 is 0 Å². The molecule has 0 saturated heterocycles. The first kappa shape index (κ1) is 12.1. The Labute approximate surface area is 104 Å². The largest absolute Gasteiger partial charge is 0.329 e. The number of imidazole rings is 1. The topological polar surface area (TPSA) is 29.9 Å². The molecule has 1 aromatic heterocycles. The average molecular weight is 254 g/mol. The van der Waals surface area contributed by atoms with Gasteiger partial charge in [-0.15, -0.1) is 0 Å². The standard InChI is InChI=1S/C12H13ClFN3/c1-15-7-11-16-5-6-17(11)8-9-3-2-4-10(14)12(9)13/h2-6,15H,7-8H2,1H3. The van der Waals surface area contributed by atoms with Crippen LogP contribution in [0, 0.1) is 5.82 Å². The first-order valence-corrected chi connectivity index (χ1v) is 5.67. The predicted octanol–water partition coefficient (Wildman–Crippen LogP) is 2.44. The molecule has 0 atom stereocenters. The van der Waals surface area contributed by atoms with Crippen LogP contribution in [0.15, 0.2) is 30.6 Å². The number of halogens is 2. The summed E-state index contributed by atoms with van der Waals surface area (Å²) < 4.78 is 15.2. The van der Waals surface area contributed by atoms with E-state index in [4.69, 9.17) is 11.6 Å². The molecule has 90 valence electrons. The van der Waals surface area contributed by atoms with Crippen LogP contribution in [-0.2, 0) is 13.1 Å². The van der Waals surface area contributed by atoms with Gasteiger partial charge in [0.15, 0.2) is 0 Å². The van der Waals surface area contributed by atoms with E-state index in [0.29, 0.717) is 13.1 Å². The molecule has 0 amide bonds. The van der Waals surface area contributed by atoms with E-state index in [2.05, 4.69) is 10.3 Å². The SMILES string of the molecule is CNCc1nccn1Cc1cccc(F)c1Cl. The second kappa shape index (κ2) is 5.29. The van der Waals surface area contributed by atoms with Gasteiger partial charge in [-0.2, -0.15) is 0 Å². The summed E-state index contributed by atoms with van der Waals surface area (Å²) in [4.78, 5) is 4.22. The molecule has 1 N–H and O–H groups in total. The van der Waals surface area contributed by atoms with Crippen LogP contribution in [0.5, 0.6) is 0 Å². The Morgan fingerprint density at radius 1 is 1.47 bits per heavy atom. The zero-order valence-electron chi connectivity index (χ0n) is 9.45. The molecular weight excluding hydrogens is 241 g/mol. The van der Waals surface area contributed by atoms with Crippen LogP contribution < -0.4 is 5.32 Å². The maximum absolute atomic E-state index is 13.3. The Balaban J connectivity index is 2.25. The van der Waals surface area contributed by atoms with Crippen molar-refractivity contribution in [1.29, 1.82) is 0 Å². The first-order valence-electron chi connectivity index (χ1n) is 5.30. The lowest BCUT2D eigenvalue weighted by atomic mass is 10.2. The van der Waals surface area contributed by atoms with Crippen LogP contribution in [0.4, 0.5) is 4.39 Å². The predicted molar refractivity (Wildman–Crippen MR) is 65.5 cm³/mol. The first-order chi connectivity index (χ1) is 8.22. The lowest BCUT2D eigenvalue weighted by molar-refractivity contribution is 0.621. The van der Waals surface area contributed by atoms with Gasteiger partial charge >= 0.3 is 0 Å². The molecule has 0 aliphatic heterocycles. The number of nitrogens with one attached hydrogen (secondary N) is 1. The summed E-state index contributed by atoms with van der Waals surface area (Å²) in [7, 11) is 1.86. The van der Waals surface area contributed by atoms with E-state index in [0.717, 1.165) is 11.4 Å². The Kier molecular flexibility index (Phi) is 3.76. The third-order valence-electron chi connectivity index (χ3n) is 2.51. The van der Waals surface area contributed by atoms with Crippen LogP contribution in [0.3, 0.4) is 0 Å². The number of rotatable bonds is 4. The van der Waals surface area contributed by atoms with Gasteiger partial charge in [0, 0.05) is 12.4 Å². The quantitative estimate of drug-likeness (QED) is 0.907. The molecular formula is C12H13ClFN3. The second-order valence-corrected chi connectivity index (χ2v) is 4.09. The van der Waals surface area contributed by atoms with Crippen molar-refractivity contribution in [1.82, 2.24) is 14.9 Å². The molecule has 0 aliphatic carbocycles. The zero-order chi connectivity index (χ0) is 12.3. The number of hydrogen-bond acceptors (Lipinski definition) is 2. The van der Waals surface area contributed by atoms with Gasteiger partial charge in [0.1, 0.15) is 11.6 Å². The van der Waals surface area contributed by atoms with E-state index in [9.17, 15) is 4.39 Å². The van der Waals surface area contributed by atoms with Crippen LogP contribution in [-0.4, -0.2) is 16.6 Å². The van der Waals surface area contributed by atoms with E-state index >= 15 is 0 Å². The zero-order valence-corrected chi connectivity index (χ0v) is 10.2. The summed E-state index contributed by atoms with van der Waals surface area (Å²) >= 11 is 5.92. The molecule has 0 unspecified atom stereocenters. The fourth-order valence-electron chi connectivity index (χ4n) is 1.66. The van der Waals surface area contributed by atoms with Crippen LogP contribution in [0.2, 0.25) is 5.02 Å². The van der Waals surface area contributed by atoms with Crippen molar-refractivity contribution in [3.8, 4) is 0 Å². The monoisotopic (exact) mass is 253 g/mol. The Morgan fingerprint density at radius 2 is 2.29 bits per heavy atom. The van der Waals surface area contributed by atoms with Crippen LogP contribution in [0.1, 0.15) is 11.4 Å². The second-order valence-electron chi connectivity index (χ2n) is 3.71. The van der Waals surface area contributed by atoms with Crippen molar-refractivity contribution in [3.63, 3.8) is 0 Å². The molecule has 2 aromatic rings. The van der Waals surface area contributed by atoms with Gasteiger partial charge in [0.2, 0.25) is 0 Å². The van der Waals surface area contributed by atoms with E-state index in [1.165, 1.54) is 6.07 Å². The third kappa shape index (κ3) is 2.65. The van der Waals surface area contributed by atoms with Gasteiger partial charge in [-0.3, -0.25) is 0 Å². The Morgan fingerprint density at radius 3 is 3.06 bits per heavy atom. The van der Waals surface area contributed by atoms with Crippen molar-refractivity contribution >= 4 is 11.6 Å². The molecule has 5 heteroatoms. The van der Waals surface area contributed by atoms with Crippen molar-refractivity contribution in [3.05, 3.63) is 52.8 Å². The van der Waals surface area contributed by atoms with Crippen LogP contribution >= 0.6 is 11.6 Å². The normalized spacial score (nSPS) is 10.8.